The molecule has 5 nitrogen and oxygen atoms in total. The van der Waals surface area contributed by atoms with Crippen molar-refractivity contribution in [3.05, 3.63) is 11.7 Å². The predicted molar refractivity (Wildman–Crippen MR) is 42.7 cm³/mol. The van der Waals surface area contributed by atoms with Gasteiger partial charge in [0.2, 0.25) is 5.89 Å². The summed E-state index contributed by atoms with van der Waals surface area (Å²) in [6, 6.07) is 0. The Hall–Kier alpha value is -1.15. The minimum Gasteiger partial charge on any atom is -0.340 e. The molecule has 0 saturated carbocycles. The van der Waals surface area contributed by atoms with E-state index in [2.05, 4.69) is 24.7 Å². The second kappa shape index (κ2) is 5.08. The fourth-order valence-electron chi connectivity index (χ4n) is 0.852. The maximum Gasteiger partial charge on any atom is 0.522 e. The van der Waals surface area contributed by atoms with Crippen molar-refractivity contribution in [1.82, 2.24) is 15.5 Å². The smallest absolute Gasteiger partial charge is 0.340 e. The van der Waals surface area contributed by atoms with E-state index in [1.807, 2.05) is 0 Å². The van der Waals surface area contributed by atoms with E-state index in [0.717, 1.165) is 0 Å². The summed E-state index contributed by atoms with van der Waals surface area (Å²) < 4.78 is 42.8. The van der Waals surface area contributed by atoms with Crippen molar-refractivity contribution in [1.29, 1.82) is 0 Å². The maximum atomic E-state index is 11.5. The van der Waals surface area contributed by atoms with Crippen molar-refractivity contribution in [2.24, 2.45) is 0 Å². The van der Waals surface area contributed by atoms with Gasteiger partial charge in [-0.15, -0.1) is 13.2 Å². The molecule has 0 atom stereocenters. The van der Waals surface area contributed by atoms with Gasteiger partial charge in [0.05, 0.1) is 13.2 Å². The van der Waals surface area contributed by atoms with Crippen LogP contribution in [0.15, 0.2) is 4.52 Å². The molecule has 8 heteroatoms. The molecule has 0 saturated heterocycles. The zero-order valence-corrected chi connectivity index (χ0v) is 7.97. The zero-order chi connectivity index (χ0) is 11.3. The van der Waals surface area contributed by atoms with Crippen molar-refractivity contribution in [3.8, 4) is 0 Å². The molecule has 0 fully saturated rings. The van der Waals surface area contributed by atoms with Gasteiger partial charge in [-0.05, 0) is 0 Å². The van der Waals surface area contributed by atoms with Crippen LogP contribution in [0, 0.1) is 6.92 Å². The van der Waals surface area contributed by atoms with Crippen LogP contribution in [-0.2, 0) is 11.3 Å². The molecule has 0 spiro atoms. The fraction of sp³-hybridized carbons (Fsp3) is 0.714. The molecule has 0 aliphatic carbocycles. The van der Waals surface area contributed by atoms with Crippen LogP contribution in [0.1, 0.15) is 11.7 Å². The Kier molecular flexibility index (Phi) is 4.04. The van der Waals surface area contributed by atoms with Crippen LogP contribution in [-0.4, -0.2) is 29.7 Å². The van der Waals surface area contributed by atoms with Crippen molar-refractivity contribution in [3.63, 3.8) is 0 Å². The molecule has 0 aliphatic heterocycles. The van der Waals surface area contributed by atoms with E-state index < -0.39 is 13.0 Å². The van der Waals surface area contributed by atoms with Gasteiger partial charge < -0.3 is 9.84 Å². The van der Waals surface area contributed by atoms with Crippen LogP contribution >= 0.6 is 0 Å². The number of hydrogen-bond donors (Lipinski definition) is 1. The fourth-order valence-corrected chi connectivity index (χ4v) is 0.852. The van der Waals surface area contributed by atoms with Gasteiger partial charge in [-0.25, -0.2) is 0 Å². The Morgan fingerprint density at radius 2 is 2.20 bits per heavy atom. The van der Waals surface area contributed by atoms with Crippen molar-refractivity contribution in [2.75, 3.05) is 13.2 Å². The highest BCUT2D eigenvalue weighted by Crippen LogP contribution is 2.15. The third-order valence-electron chi connectivity index (χ3n) is 1.40. The van der Waals surface area contributed by atoms with Crippen LogP contribution in [0.3, 0.4) is 0 Å². The highest BCUT2D eigenvalue weighted by molar-refractivity contribution is 4.82. The lowest BCUT2D eigenvalue weighted by atomic mass is 10.5. The molecule has 1 rings (SSSR count). The second-order valence-corrected chi connectivity index (χ2v) is 2.70. The molecule has 1 aromatic heterocycles. The number of hydrogen-bond acceptors (Lipinski definition) is 5. The van der Waals surface area contributed by atoms with Crippen LogP contribution in [0.5, 0.6) is 0 Å². The molecular formula is C7H10F3N3O2. The highest BCUT2D eigenvalue weighted by atomic mass is 19.4. The summed E-state index contributed by atoms with van der Waals surface area (Å²) in [6.45, 7) is 1.50. The van der Waals surface area contributed by atoms with E-state index >= 15 is 0 Å². The van der Waals surface area contributed by atoms with Gasteiger partial charge in [0.25, 0.3) is 0 Å². The van der Waals surface area contributed by atoms with E-state index in [1.54, 1.807) is 6.92 Å². The number of aryl methyl sites for hydroxylation is 1. The molecule has 0 aromatic carbocycles. The molecule has 0 amide bonds. The molecule has 1 aromatic rings. The van der Waals surface area contributed by atoms with Crippen molar-refractivity contribution in [2.45, 2.75) is 19.8 Å². The lowest BCUT2D eigenvalue weighted by molar-refractivity contribution is -0.323. The first-order valence-electron chi connectivity index (χ1n) is 4.18. The molecule has 1 heterocycles. The monoisotopic (exact) mass is 225 g/mol. The van der Waals surface area contributed by atoms with Crippen LogP contribution in [0.4, 0.5) is 13.2 Å². The quantitative estimate of drug-likeness (QED) is 0.757. The minimum absolute atomic E-state index is 0.0626. The Balaban J connectivity index is 2.07. The Morgan fingerprint density at radius 3 is 2.73 bits per heavy atom. The predicted octanol–water partition coefficient (Wildman–Crippen LogP) is 1.00. The van der Waals surface area contributed by atoms with E-state index in [1.165, 1.54) is 0 Å². The van der Waals surface area contributed by atoms with Gasteiger partial charge in [0.15, 0.2) is 5.82 Å². The third kappa shape index (κ3) is 5.33. The molecule has 15 heavy (non-hydrogen) atoms. The number of rotatable bonds is 5. The minimum atomic E-state index is -4.58. The Morgan fingerprint density at radius 1 is 1.47 bits per heavy atom. The molecule has 1 N–H and O–H groups in total. The molecule has 0 aliphatic rings. The van der Waals surface area contributed by atoms with E-state index in [9.17, 15) is 13.2 Å². The average Bonchev–Trinajstić information content (AvgIpc) is 2.49. The van der Waals surface area contributed by atoms with Crippen molar-refractivity contribution >= 4 is 0 Å². The normalized spacial score (nSPS) is 12.0. The Labute approximate surface area is 83.6 Å². The Bertz CT molecular complexity index is 300. The third-order valence-corrected chi connectivity index (χ3v) is 1.40. The van der Waals surface area contributed by atoms with Gasteiger partial charge in [-0.2, -0.15) is 4.98 Å². The lowest BCUT2D eigenvalue weighted by Crippen LogP contribution is -2.24. The number of ether oxygens (including phenoxy) is 1. The molecule has 0 unspecified atom stereocenters. The molecule has 86 valence electrons. The summed E-state index contributed by atoms with van der Waals surface area (Å²) in [5.74, 6) is 0.817. The second-order valence-electron chi connectivity index (χ2n) is 2.70. The van der Waals surface area contributed by atoms with E-state index in [0.29, 0.717) is 11.7 Å². The number of nitrogens with zero attached hydrogens (tertiary/aromatic N) is 2. The zero-order valence-electron chi connectivity index (χ0n) is 7.97. The standard InChI is InChI=1S/C7H10F3N3O2/c1-5-12-6(13-15-5)4-11-2-3-14-7(8,9)10/h11H,2-4H2,1H3. The first-order chi connectivity index (χ1) is 6.97. The van der Waals surface area contributed by atoms with Gasteiger partial charge in [0, 0.05) is 13.5 Å². The number of halogens is 3. The topological polar surface area (TPSA) is 60.2 Å². The largest absolute Gasteiger partial charge is 0.522 e. The summed E-state index contributed by atoms with van der Waals surface area (Å²) in [4.78, 5) is 3.85. The lowest BCUT2D eigenvalue weighted by Gasteiger charge is -2.06. The number of alkyl halides is 3. The summed E-state index contributed by atoms with van der Waals surface area (Å²) in [5.41, 5.74) is 0. The highest BCUT2D eigenvalue weighted by Gasteiger charge is 2.28. The van der Waals surface area contributed by atoms with Crippen LogP contribution in [0.25, 0.3) is 0 Å². The molecule has 0 radical (unpaired) electrons. The first kappa shape index (κ1) is 11.9. The van der Waals surface area contributed by atoms with Crippen molar-refractivity contribution < 1.29 is 22.4 Å². The van der Waals surface area contributed by atoms with Gasteiger partial charge in [-0.1, -0.05) is 5.16 Å². The summed E-state index contributed by atoms with van der Waals surface area (Å²) in [5, 5.41) is 6.23. The van der Waals surface area contributed by atoms with Gasteiger partial charge in [0.1, 0.15) is 0 Å². The molecule has 0 bridgehead atoms. The van der Waals surface area contributed by atoms with Crippen LogP contribution < -0.4 is 5.32 Å². The molecular weight excluding hydrogens is 215 g/mol. The summed E-state index contributed by atoms with van der Waals surface area (Å²) >= 11 is 0. The van der Waals surface area contributed by atoms with Crippen LogP contribution in [0.2, 0.25) is 0 Å². The number of nitrogens with one attached hydrogen (secondary N) is 1. The van der Waals surface area contributed by atoms with Gasteiger partial charge in [-0.3, -0.25) is 4.74 Å². The van der Waals surface area contributed by atoms with E-state index in [4.69, 9.17) is 0 Å². The average molecular weight is 225 g/mol. The van der Waals surface area contributed by atoms with Gasteiger partial charge >= 0.3 is 6.36 Å². The summed E-state index contributed by atoms with van der Waals surface area (Å²) in [7, 11) is 0. The number of aromatic nitrogens is 2. The first-order valence-corrected chi connectivity index (χ1v) is 4.18. The van der Waals surface area contributed by atoms with E-state index in [-0.39, 0.29) is 13.1 Å². The summed E-state index contributed by atoms with van der Waals surface area (Å²) in [6.07, 6.45) is -4.58. The maximum absolute atomic E-state index is 11.5. The SMILES string of the molecule is Cc1nc(CNCCOC(F)(F)F)no1.